The van der Waals surface area contributed by atoms with Gasteiger partial charge in [-0.05, 0) is 12.1 Å². The summed E-state index contributed by atoms with van der Waals surface area (Å²) in [6, 6.07) is 16.8. The Morgan fingerprint density at radius 3 is 2.63 bits per heavy atom. The van der Waals surface area contributed by atoms with E-state index in [0.29, 0.717) is 36.9 Å². The van der Waals surface area contributed by atoms with Crippen LogP contribution < -0.4 is 16.2 Å². The molecule has 0 saturated heterocycles. The molecule has 30 heavy (non-hydrogen) atoms. The third-order valence-corrected chi connectivity index (χ3v) is 4.61. The molecular formula is C22H22N6O2. The Hall–Kier alpha value is -3.94. The molecule has 0 unspecified atom stereocenters. The van der Waals surface area contributed by atoms with E-state index in [1.165, 1.54) is 13.0 Å². The molecule has 3 aromatic heterocycles. The first-order chi connectivity index (χ1) is 14.6. The minimum absolute atomic E-state index is 0.0686. The fourth-order valence-corrected chi connectivity index (χ4v) is 3.19. The Labute approximate surface area is 173 Å². The van der Waals surface area contributed by atoms with Crippen LogP contribution in [-0.2, 0) is 11.3 Å². The highest BCUT2D eigenvalue weighted by molar-refractivity contribution is 5.89. The van der Waals surface area contributed by atoms with Gasteiger partial charge in [0.15, 0.2) is 5.82 Å². The molecule has 3 N–H and O–H groups in total. The summed E-state index contributed by atoms with van der Waals surface area (Å²) in [7, 11) is 0. The minimum atomic E-state index is -0.0770. The van der Waals surface area contributed by atoms with Crippen molar-refractivity contribution in [3.63, 3.8) is 0 Å². The van der Waals surface area contributed by atoms with Crippen LogP contribution in [0.3, 0.4) is 0 Å². The second-order valence-electron chi connectivity index (χ2n) is 6.90. The number of fused-ring (bicyclic) bond motifs is 1. The van der Waals surface area contributed by atoms with Gasteiger partial charge in [0, 0.05) is 43.5 Å². The normalized spacial score (nSPS) is 10.8. The quantitative estimate of drug-likeness (QED) is 0.412. The van der Waals surface area contributed by atoms with Gasteiger partial charge in [-0.15, -0.1) is 0 Å². The molecule has 0 radical (unpaired) electrons. The van der Waals surface area contributed by atoms with Crippen LogP contribution in [0, 0.1) is 0 Å². The predicted octanol–water partition coefficient (Wildman–Crippen LogP) is 2.38. The van der Waals surface area contributed by atoms with Crippen molar-refractivity contribution >= 4 is 22.8 Å². The molecule has 3 heterocycles. The van der Waals surface area contributed by atoms with Crippen molar-refractivity contribution in [2.75, 3.05) is 18.4 Å². The van der Waals surface area contributed by atoms with Gasteiger partial charge in [0.1, 0.15) is 11.5 Å². The molecule has 0 saturated carbocycles. The van der Waals surface area contributed by atoms with E-state index in [9.17, 15) is 9.59 Å². The summed E-state index contributed by atoms with van der Waals surface area (Å²) in [4.78, 5) is 35.9. The zero-order valence-corrected chi connectivity index (χ0v) is 16.6. The maximum atomic E-state index is 12.0. The van der Waals surface area contributed by atoms with Crippen molar-refractivity contribution in [2.45, 2.75) is 13.5 Å². The highest BCUT2D eigenvalue weighted by Crippen LogP contribution is 2.25. The number of rotatable bonds is 7. The van der Waals surface area contributed by atoms with E-state index < -0.39 is 0 Å². The van der Waals surface area contributed by atoms with Crippen LogP contribution in [-0.4, -0.2) is 38.5 Å². The second kappa shape index (κ2) is 8.60. The molecule has 0 aliphatic heterocycles. The Kier molecular flexibility index (Phi) is 5.56. The third-order valence-electron chi connectivity index (χ3n) is 4.61. The topological polar surface area (TPSA) is 105 Å². The lowest BCUT2D eigenvalue weighted by atomic mass is 10.2. The molecule has 0 aliphatic carbocycles. The summed E-state index contributed by atoms with van der Waals surface area (Å²) in [5, 5.41) is 6.88. The molecule has 0 spiro atoms. The number of nitrogens with one attached hydrogen (secondary N) is 3. The van der Waals surface area contributed by atoms with Crippen LogP contribution in [0.4, 0.5) is 5.82 Å². The lowest BCUT2D eigenvalue weighted by Crippen LogP contribution is -2.26. The van der Waals surface area contributed by atoms with Gasteiger partial charge in [-0.2, -0.15) is 0 Å². The number of nitrogens with zero attached hydrogens (tertiary/aromatic N) is 3. The molecule has 8 heteroatoms. The van der Waals surface area contributed by atoms with Crippen molar-refractivity contribution in [1.82, 2.24) is 24.8 Å². The van der Waals surface area contributed by atoms with Crippen LogP contribution in [0.25, 0.3) is 22.4 Å². The fraction of sp³-hybridized carbons (Fsp3) is 0.182. The SMILES string of the molecule is CC(=O)NCCNc1nc(-c2ccccc2)nc2[nH]c(Cn3ccccc3=O)cc12. The molecule has 0 aliphatic rings. The first-order valence-corrected chi connectivity index (χ1v) is 9.69. The maximum Gasteiger partial charge on any atom is 0.250 e. The number of pyridine rings is 1. The zero-order valence-electron chi connectivity index (χ0n) is 16.6. The van der Waals surface area contributed by atoms with Gasteiger partial charge in [0.05, 0.1) is 11.9 Å². The minimum Gasteiger partial charge on any atom is -0.368 e. The summed E-state index contributed by atoms with van der Waals surface area (Å²) in [5.41, 5.74) is 2.37. The Morgan fingerprint density at radius 2 is 1.87 bits per heavy atom. The Bertz CT molecular complexity index is 1230. The number of H-pyrrole nitrogens is 1. The van der Waals surface area contributed by atoms with E-state index in [0.717, 1.165) is 16.6 Å². The van der Waals surface area contributed by atoms with Crippen molar-refractivity contribution < 1.29 is 4.79 Å². The average Bonchev–Trinajstić information content (AvgIpc) is 3.16. The number of amides is 1. The Morgan fingerprint density at radius 1 is 1.07 bits per heavy atom. The Balaban J connectivity index is 1.70. The molecule has 0 atom stereocenters. The highest BCUT2D eigenvalue weighted by atomic mass is 16.1. The molecular weight excluding hydrogens is 380 g/mol. The smallest absolute Gasteiger partial charge is 0.250 e. The molecule has 0 bridgehead atoms. The van der Waals surface area contributed by atoms with Crippen LogP contribution in [0.1, 0.15) is 12.6 Å². The predicted molar refractivity (Wildman–Crippen MR) is 116 cm³/mol. The number of aromatic nitrogens is 4. The van der Waals surface area contributed by atoms with Gasteiger partial charge in [-0.1, -0.05) is 36.4 Å². The molecule has 1 aromatic carbocycles. The standard InChI is InChI=1S/C22H22N6O2/c1-15(29)23-10-11-24-21-18-13-17(14-28-12-6-5-9-19(28)30)25-22(18)27-20(26-21)16-7-3-2-4-8-16/h2-9,12-13H,10-11,14H2,1H3,(H,23,29)(H2,24,25,26,27). The number of carbonyl (C=O) groups is 1. The van der Waals surface area contributed by atoms with Gasteiger partial charge in [-0.3, -0.25) is 9.59 Å². The molecule has 4 aromatic rings. The van der Waals surface area contributed by atoms with E-state index in [-0.39, 0.29) is 11.5 Å². The number of hydrogen-bond donors (Lipinski definition) is 3. The zero-order chi connectivity index (χ0) is 20.9. The van der Waals surface area contributed by atoms with Gasteiger partial charge in [-0.25, -0.2) is 9.97 Å². The van der Waals surface area contributed by atoms with Crippen LogP contribution in [0.2, 0.25) is 0 Å². The number of benzene rings is 1. The summed E-state index contributed by atoms with van der Waals surface area (Å²) in [6.45, 7) is 2.90. The van der Waals surface area contributed by atoms with Gasteiger partial charge < -0.3 is 20.2 Å². The second-order valence-corrected chi connectivity index (χ2v) is 6.90. The molecule has 0 fully saturated rings. The van der Waals surface area contributed by atoms with E-state index >= 15 is 0 Å². The van der Waals surface area contributed by atoms with E-state index in [1.807, 2.05) is 42.5 Å². The molecule has 1 amide bonds. The third kappa shape index (κ3) is 4.38. The number of anilines is 1. The number of aromatic amines is 1. The monoisotopic (exact) mass is 402 g/mol. The number of hydrogen-bond acceptors (Lipinski definition) is 5. The molecule has 8 nitrogen and oxygen atoms in total. The van der Waals surface area contributed by atoms with Crippen LogP contribution >= 0.6 is 0 Å². The summed E-state index contributed by atoms with van der Waals surface area (Å²) >= 11 is 0. The molecule has 4 rings (SSSR count). The van der Waals surface area contributed by atoms with Crippen LogP contribution in [0.5, 0.6) is 0 Å². The van der Waals surface area contributed by atoms with Crippen molar-refractivity contribution in [3.05, 3.63) is 76.8 Å². The first-order valence-electron chi connectivity index (χ1n) is 9.69. The summed E-state index contributed by atoms with van der Waals surface area (Å²) in [6.07, 6.45) is 1.75. The van der Waals surface area contributed by atoms with Crippen molar-refractivity contribution in [3.8, 4) is 11.4 Å². The highest BCUT2D eigenvalue weighted by Gasteiger charge is 2.13. The summed E-state index contributed by atoms with van der Waals surface area (Å²) < 4.78 is 1.63. The van der Waals surface area contributed by atoms with E-state index in [1.54, 1.807) is 16.8 Å². The lowest BCUT2D eigenvalue weighted by molar-refractivity contribution is -0.118. The van der Waals surface area contributed by atoms with Gasteiger partial charge >= 0.3 is 0 Å². The molecule has 152 valence electrons. The summed E-state index contributed by atoms with van der Waals surface area (Å²) in [5.74, 6) is 1.19. The van der Waals surface area contributed by atoms with Crippen molar-refractivity contribution in [1.29, 1.82) is 0 Å². The average molecular weight is 402 g/mol. The van der Waals surface area contributed by atoms with E-state index in [2.05, 4.69) is 20.6 Å². The van der Waals surface area contributed by atoms with Crippen molar-refractivity contribution in [2.24, 2.45) is 0 Å². The number of carbonyl (C=O) groups excluding carboxylic acids is 1. The largest absolute Gasteiger partial charge is 0.368 e. The van der Waals surface area contributed by atoms with Gasteiger partial charge in [0.25, 0.3) is 5.56 Å². The van der Waals surface area contributed by atoms with E-state index in [4.69, 9.17) is 4.98 Å². The fourth-order valence-electron chi connectivity index (χ4n) is 3.19. The van der Waals surface area contributed by atoms with Gasteiger partial charge in [0.2, 0.25) is 5.91 Å². The maximum absolute atomic E-state index is 12.0. The lowest BCUT2D eigenvalue weighted by Gasteiger charge is -2.09. The first kappa shape index (κ1) is 19.4. The van der Waals surface area contributed by atoms with Crippen LogP contribution in [0.15, 0.2) is 65.6 Å².